The summed E-state index contributed by atoms with van der Waals surface area (Å²) >= 11 is 3.19. The van der Waals surface area contributed by atoms with Gasteiger partial charge in [0.05, 0.1) is 24.1 Å². The number of nitro benzene ring substituents is 1. The van der Waals surface area contributed by atoms with Crippen LogP contribution in [0.4, 0.5) is 5.69 Å². The molecule has 1 fully saturated rings. The molecule has 136 valence electrons. The smallest absolute Gasteiger partial charge is 0.347 e. The van der Waals surface area contributed by atoms with Crippen LogP contribution in [0.15, 0.2) is 53.0 Å². The summed E-state index contributed by atoms with van der Waals surface area (Å²) in [5.41, 5.74) is 0.793. The molecule has 0 unspecified atom stereocenters. The lowest BCUT2D eigenvalue weighted by Crippen LogP contribution is -2.32. The molecule has 2 atom stereocenters. The van der Waals surface area contributed by atoms with Crippen molar-refractivity contribution in [3.63, 3.8) is 0 Å². The fraction of sp³-hybridized carbons (Fsp3) is 0.278. The molecule has 1 aliphatic heterocycles. The molecular weight excluding hydrogens is 406 g/mol. The first-order chi connectivity index (χ1) is 12.5. The number of benzene rings is 2. The zero-order valence-corrected chi connectivity index (χ0v) is 15.3. The average molecular weight is 422 g/mol. The lowest BCUT2D eigenvalue weighted by atomic mass is 10.1. The molecule has 0 saturated carbocycles. The number of hydrogen-bond acceptors (Lipinski definition) is 6. The lowest BCUT2D eigenvalue weighted by Gasteiger charge is -2.17. The normalized spacial score (nSPS) is 19.2. The van der Waals surface area contributed by atoms with E-state index in [1.807, 2.05) is 30.3 Å². The van der Waals surface area contributed by atoms with E-state index in [-0.39, 0.29) is 30.6 Å². The second-order valence-electron chi connectivity index (χ2n) is 5.80. The van der Waals surface area contributed by atoms with Crippen molar-refractivity contribution < 1.29 is 23.9 Å². The van der Waals surface area contributed by atoms with Gasteiger partial charge in [-0.25, -0.2) is 4.79 Å². The fourth-order valence-corrected chi connectivity index (χ4v) is 2.95. The number of nitro groups is 1. The third-order valence-electron chi connectivity index (χ3n) is 3.92. The maximum atomic E-state index is 12.0. The molecule has 1 heterocycles. The summed E-state index contributed by atoms with van der Waals surface area (Å²) in [5, 5.41) is 11.2. The number of nitrogens with zero attached hydrogens (tertiary/aromatic N) is 1. The number of carbonyl (C=O) groups is 1. The van der Waals surface area contributed by atoms with E-state index < -0.39 is 17.0 Å². The van der Waals surface area contributed by atoms with Crippen molar-refractivity contribution in [2.75, 3.05) is 13.2 Å². The standard InChI is InChI=1S/C18H16BrNO6/c19-14-6-7-16(15(8-14)20(22)23)26-17-13(11-25-18(17)21)10-24-9-12-4-2-1-3-5-12/h1-8,13,17H,9-11H2/t13-,17+/m1/s1. The highest BCUT2D eigenvalue weighted by atomic mass is 79.9. The molecule has 2 aromatic carbocycles. The van der Waals surface area contributed by atoms with Gasteiger partial charge in [-0.05, 0) is 17.7 Å². The Labute approximate surface area is 158 Å². The second-order valence-corrected chi connectivity index (χ2v) is 6.71. The van der Waals surface area contributed by atoms with Gasteiger partial charge in [-0.3, -0.25) is 10.1 Å². The monoisotopic (exact) mass is 421 g/mol. The minimum atomic E-state index is -0.939. The van der Waals surface area contributed by atoms with E-state index in [4.69, 9.17) is 14.2 Å². The van der Waals surface area contributed by atoms with E-state index in [1.54, 1.807) is 6.07 Å². The topological polar surface area (TPSA) is 87.9 Å². The molecule has 0 amide bonds. The minimum absolute atomic E-state index is 0.0232. The van der Waals surface area contributed by atoms with Crippen LogP contribution in [0.3, 0.4) is 0 Å². The van der Waals surface area contributed by atoms with Gasteiger partial charge in [-0.1, -0.05) is 46.3 Å². The Bertz CT molecular complexity index is 798. The van der Waals surface area contributed by atoms with Gasteiger partial charge < -0.3 is 14.2 Å². The molecule has 0 bridgehead atoms. The highest BCUT2D eigenvalue weighted by Crippen LogP contribution is 2.33. The SMILES string of the molecule is O=C1OC[C@@H](COCc2ccccc2)[C@@H]1Oc1ccc(Br)cc1[N+](=O)[O-]. The summed E-state index contributed by atoms with van der Waals surface area (Å²) in [6.07, 6.45) is -0.939. The first kappa shape index (κ1) is 18.3. The summed E-state index contributed by atoms with van der Waals surface area (Å²) in [7, 11) is 0. The van der Waals surface area contributed by atoms with Gasteiger partial charge in [0, 0.05) is 10.5 Å². The van der Waals surface area contributed by atoms with Crippen LogP contribution in [-0.2, 0) is 20.9 Å². The Balaban J connectivity index is 1.66. The van der Waals surface area contributed by atoms with E-state index in [0.717, 1.165) is 5.56 Å². The van der Waals surface area contributed by atoms with E-state index in [0.29, 0.717) is 11.1 Å². The Morgan fingerprint density at radius 1 is 1.23 bits per heavy atom. The molecular formula is C18H16BrNO6. The first-order valence-electron chi connectivity index (χ1n) is 7.93. The molecule has 0 aliphatic carbocycles. The number of esters is 1. The highest BCUT2D eigenvalue weighted by molar-refractivity contribution is 9.10. The van der Waals surface area contributed by atoms with Gasteiger partial charge in [0.1, 0.15) is 6.61 Å². The molecule has 1 saturated heterocycles. The molecule has 8 heteroatoms. The molecule has 1 aliphatic rings. The van der Waals surface area contributed by atoms with Crippen LogP contribution in [0, 0.1) is 16.0 Å². The molecule has 0 N–H and O–H groups in total. The van der Waals surface area contributed by atoms with Gasteiger partial charge in [-0.2, -0.15) is 0 Å². The fourth-order valence-electron chi connectivity index (χ4n) is 2.60. The van der Waals surface area contributed by atoms with Crippen LogP contribution in [0.25, 0.3) is 0 Å². The van der Waals surface area contributed by atoms with Crippen LogP contribution < -0.4 is 4.74 Å². The van der Waals surface area contributed by atoms with E-state index in [2.05, 4.69) is 15.9 Å². The Hall–Kier alpha value is -2.45. The maximum Gasteiger partial charge on any atom is 0.347 e. The number of halogens is 1. The van der Waals surface area contributed by atoms with E-state index in [9.17, 15) is 14.9 Å². The predicted molar refractivity (Wildman–Crippen MR) is 95.8 cm³/mol. The van der Waals surface area contributed by atoms with Gasteiger partial charge in [0.2, 0.25) is 6.10 Å². The third kappa shape index (κ3) is 4.39. The zero-order valence-electron chi connectivity index (χ0n) is 13.7. The van der Waals surface area contributed by atoms with Crippen LogP contribution in [0.1, 0.15) is 5.56 Å². The van der Waals surface area contributed by atoms with Crippen molar-refractivity contribution in [3.05, 3.63) is 68.7 Å². The highest BCUT2D eigenvalue weighted by Gasteiger charge is 2.40. The molecule has 7 nitrogen and oxygen atoms in total. The molecule has 3 rings (SSSR count). The molecule has 26 heavy (non-hydrogen) atoms. The van der Waals surface area contributed by atoms with Crippen LogP contribution in [0.2, 0.25) is 0 Å². The van der Waals surface area contributed by atoms with Crippen molar-refractivity contribution in [1.82, 2.24) is 0 Å². The van der Waals surface area contributed by atoms with Gasteiger partial charge >= 0.3 is 11.7 Å². The summed E-state index contributed by atoms with van der Waals surface area (Å²) < 4.78 is 16.9. The number of carbonyl (C=O) groups excluding carboxylic acids is 1. The van der Waals surface area contributed by atoms with Gasteiger partial charge in [0.15, 0.2) is 5.75 Å². The predicted octanol–water partition coefficient (Wildman–Crippen LogP) is 3.49. The van der Waals surface area contributed by atoms with Crippen LogP contribution >= 0.6 is 15.9 Å². The summed E-state index contributed by atoms with van der Waals surface area (Å²) in [4.78, 5) is 22.6. The third-order valence-corrected chi connectivity index (χ3v) is 4.41. The number of rotatable bonds is 7. The lowest BCUT2D eigenvalue weighted by molar-refractivity contribution is -0.386. The quantitative estimate of drug-likeness (QED) is 0.386. The molecule has 2 aromatic rings. The Morgan fingerprint density at radius 3 is 2.73 bits per heavy atom. The second kappa shape index (κ2) is 8.29. The van der Waals surface area contributed by atoms with Crippen molar-refractivity contribution in [1.29, 1.82) is 0 Å². The Kier molecular flexibility index (Phi) is 5.85. The molecule has 0 aromatic heterocycles. The maximum absolute atomic E-state index is 12.0. The van der Waals surface area contributed by atoms with Crippen molar-refractivity contribution in [2.24, 2.45) is 5.92 Å². The van der Waals surface area contributed by atoms with Crippen LogP contribution in [-0.4, -0.2) is 30.2 Å². The van der Waals surface area contributed by atoms with E-state index in [1.165, 1.54) is 12.1 Å². The summed E-state index contributed by atoms with van der Waals surface area (Å²) in [6.45, 7) is 0.801. The number of ether oxygens (including phenoxy) is 3. The van der Waals surface area contributed by atoms with Crippen LogP contribution in [0.5, 0.6) is 5.75 Å². The summed E-state index contributed by atoms with van der Waals surface area (Å²) in [5.74, 6) is -0.861. The van der Waals surface area contributed by atoms with Gasteiger partial charge in [0.25, 0.3) is 0 Å². The zero-order chi connectivity index (χ0) is 18.5. The Morgan fingerprint density at radius 2 is 2.00 bits per heavy atom. The number of cyclic esters (lactones) is 1. The van der Waals surface area contributed by atoms with Crippen molar-refractivity contribution in [3.8, 4) is 5.75 Å². The van der Waals surface area contributed by atoms with Crippen molar-refractivity contribution in [2.45, 2.75) is 12.7 Å². The average Bonchev–Trinajstić information content (AvgIpc) is 2.97. The molecule has 0 radical (unpaired) electrons. The molecule has 0 spiro atoms. The summed E-state index contributed by atoms with van der Waals surface area (Å²) in [6, 6.07) is 14.0. The number of hydrogen-bond donors (Lipinski definition) is 0. The first-order valence-corrected chi connectivity index (χ1v) is 8.73. The van der Waals surface area contributed by atoms with E-state index >= 15 is 0 Å². The minimum Gasteiger partial charge on any atom is -0.471 e. The van der Waals surface area contributed by atoms with Crippen molar-refractivity contribution >= 4 is 27.6 Å². The largest absolute Gasteiger partial charge is 0.471 e. The van der Waals surface area contributed by atoms with Gasteiger partial charge in [-0.15, -0.1) is 0 Å².